The molecule has 1 saturated heterocycles. The Morgan fingerprint density at radius 2 is 2.05 bits per heavy atom. The third-order valence-electron chi connectivity index (χ3n) is 5.22. The molecule has 1 atom stereocenters. The smallest absolute Gasteiger partial charge is 0.238 e. The van der Waals surface area contributed by atoms with Crippen molar-refractivity contribution in [2.24, 2.45) is 5.41 Å². The van der Waals surface area contributed by atoms with Crippen LogP contribution in [0.15, 0.2) is 0 Å². The van der Waals surface area contributed by atoms with E-state index in [1.54, 1.807) is 14.2 Å². The minimum atomic E-state index is -0.790. The van der Waals surface area contributed by atoms with E-state index >= 15 is 0 Å². The predicted molar refractivity (Wildman–Crippen MR) is 84.5 cm³/mol. The first-order valence-corrected chi connectivity index (χ1v) is 8.33. The van der Waals surface area contributed by atoms with E-state index in [-0.39, 0.29) is 11.8 Å². The van der Waals surface area contributed by atoms with Crippen LogP contribution in [0.25, 0.3) is 0 Å². The Balaban J connectivity index is 2.01. The lowest BCUT2D eigenvalue weighted by atomic mass is 9.67. The summed E-state index contributed by atoms with van der Waals surface area (Å²) in [4.78, 5) is 29.4. The van der Waals surface area contributed by atoms with Gasteiger partial charge in [0.15, 0.2) is 0 Å². The first-order valence-electron chi connectivity index (χ1n) is 8.33. The highest BCUT2D eigenvalue weighted by molar-refractivity contribution is 6.05. The number of hydrogen-bond acceptors (Lipinski definition) is 4. The van der Waals surface area contributed by atoms with E-state index in [4.69, 9.17) is 4.74 Å². The Labute approximate surface area is 133 Å². The van der Waals surface area contributed by atoms with Crippen LogP contribution in [-0.2, 0) is 14.3 Å². The lowest BCUT2D eigenvalue weighted by Gasteiger charge is -2.46. The molecule has 1 aliphatic carbocycles. The van der Waals surface area contributed by atoms with E-state index < -0.39 is 5.41 Å². The Morgan fingerprint density at radius 3 is 2.55 bits per heavy atom. The molecule has 1 N–H and O–H groups in total. The van der Waals surface area contributed by atoms with Gasteiger partial charge in [0.25, 0.3) is 0 Å². The molecular weight excluding hydrogens is 282 g/mol. The van der Waals surface area contributed by atoms with Gasteiger partial charge in [-0.25, -0.2) is 0 Å². The van der Waals surface area contributed by atoms with Gasteiger partial charge in [0.2, 0.25) is 11.8 Å². The molecule has 1 aliphatic heterocycles. The number of hydrogen-bond donors (Lipinski definition) is 1. The topological polar surface area (TPSA) is 61.9 Å². The highest BCUT2D eigenvalue weighted by Crippen LogP contribution is 2.43. The second-order valence-corrected chi connectivity index (χ2v) is 6.36. The molecule has 0 radical (unpaired) electrons. The molecule has 2 fully saturated rings. The molecule has 22 heavy (non-hydrogen) atoms. The first kappa shape index (κ1) is 17.2. The zero-order chi connectivity index (χ0) is 16.2. The quantitative estimate of drug-likeness (QED) is 0.725. The molecule has 1 saturated carbocycles. The number of ether oxygens (including phenoxy) is 1. The molecule has 0 spiro atoms. The second-order valence-electron chi connectivity index (χ2n) is 6.36. The van der Waals surface area contributed by atoms with Crippen molar-refractivity contribution in [2.45, 2.75) is 38.6 Å². The number of carbonyl (C=O) groups excluding carboxylic acids is 2. The molecule has 0 unspecified atom stereocenters. The Bertz CT molecular complexity index is 409. The lowest BCUT2D eigenvalue weighted by Crippen LogP contribution is -2.61. The van der Waals surface area contributed by atoms with Crippen molar-refractivity contribution in [3.05, 3.63) is 0 Å². The average Bonchev–Trinajstić information content (AvgIpc) is 2.51. The van der Waals surface area contributed by atoms with Gasteiger partial charge in [0.1, 0.15) is 5.41 Å². The van der Waals surface area contributed by atoms with Gasteiger partial charge < -0.3 is 15.0 Å². The van der Waals surface area contributed by atoms with Crippen molar-refractivity contribution >= 4 is 11.8 Å². The number of rotatable bonds is 6. The summed E-state index contributed by atoms with van der Waals surface area (Å²) in [6, 6.07) is 0.356. The minimum Gasteiger partial charge on any atom is -0.383 e. The minimum absolute atomic E-state index is 0.0305. The summed E-state index contributed by atoms with van der Waals surface area (Å²) in [6.45, 7) is 6.05. The predicted octanol–water partition coefficient (Wildman–Crippen LogP) is 0.472. The number of methoxy groups -OCH3 is 1. The van der Waals surface area contributed by atoms with Crippen molar-refractivity contribution < 1.29 is 14.3 Å². The molecule has 6 nitrogen and oxygen atoms in total. The standard InChI is InChI=1S/C16H29N3O3/c1-4-13-12-19(9-8-18(13)10-11-22-3)15(21)16(6-5-7-16)14(20)17-2/h13H,4-12H2,1-3H3,(H,17,20)/t13-/m1/s1. The molecule has 0 bridgehead atoms. The van der Waals surface area contributed by atoms with Crippen molar-refractivity contribution in [1.82, 2.24) is 15.1 Å². The highest BCUT2D eigenvalue weighted by Gasteiger charge is 2.52. The Hall–Kier alpha value is -1.14. The normalized spacial score (nSPS) is 24.7. The number of carbonyl (C=O) groups is 2. The van der Waals surface area contributed by atoms with E-state index in [0.717, 1.165) is 32.5 Å². The van der Waals surface area contributed by atoms with Crippen LogP contribution in [0.1, 0.15) is 32.6 Å². The Kier molecular flexibility index (Phi) is 5.81. The maximum absolute atomic E-state index is 12.9. The van der Waals surface area contributed by atoms with E-state index in [1.165, 1.54) is 0 Å². The van der Waals surface area contributed by atoms with Crippen LogP contribution >= 0.6 is 0 Å². The lowest BCUT2D eigenvalue weighted by molar-refractivity contribution is -0.159. The fourth-order valence-corrected chi connectivity index (χ4v) is 3.58. The van der Waals surface area contributed by atoms with Crippen molar-refractivity contribution in [1.29, 1.82) is 0 Å². The zero-order valence-corrected chi connectivity index (χ0v) is 14.1. The fraction of sp³-hybridized carbons (Fsp3) is 0.875. The molecular formula is C16H29N3O3. The van der Waals surface area contributed by atoms with E-state index in [1.807, 2.05) is 4.90 Å². The van der Waals surface area contributed by atoms with Crippen LogP contribution in [0.5, 0.6) is 0 Å². The fourth-order valence-electron chi connectivity index (χ4n) is 3.58. The van der Waals surface area contributed by atoms with Gasteiger partial charge in [-0.3, -0.25) is 14.5 Å². The molecule has 2 amide bonds. The summed E-state index contributed by atoms with van der Waals surface area (Å²) >= 11 is 0. The van der Waals surface area contributed by atoms with Crippen LogP contribution in [-0.4, -0.2) is 74.6 Å². The third kappa shape index (κ3) is 3.13. The third-order valence-corrected chi connectivity index (χ3v) is 5.22. The molecule has 6 heteroatoms. The molecule has 2 rings (SSSR count). The molecule has 1 heterocycles. The van der Waals surface area contributed by atoms with E-state index in [0.29, 0.717) is 32.0 Å². The largest absolute Gasteiger partial charge is 0.383 e. The van der Waals surface area contributed by atoms with Gasteiger partial charge in [0, 0.05) is 46.4 Å². The van der Waals surface area contributed by atoms with Crippen molar-refractivity contribution in [2.75, 3.05) is 46.9 Å². The number of nitrogens with one attached hydrogen (secondary N) is 1. The van der Waals surface area contributed by atoms with Crippen LogP contribution in [0, 0.1) is 5.41 Å². The summed E-state index contributed by atoms with van der Waals surface area (Å²) in [6.07, 6.45) is 3.34. The maximum atomic E-state index is 12.9. The van der Waals surface area contributed by atoms with E-state index in [2.05, 4.69) is 17.1 Å². The van der Waals surface area contributed by atoms with E-state index in [9.17, 15) is 9.59 Å². The first-order chi connectivity index (χ1) is 10.6. The molecule has 126 valence electrons. The SMILES string of the molecule is CC[C@@H]1CN(C(=O)C2(C(=O)NC)CCC2)CCN1CCOC. The average molecular weight is 311 g/mol. The number of nitrogens with zero attached hydrogens (tertiary/aromatic N) is 2. The molecule has 0 aromatic rings. The van der Waals surface area contributed by atoms with Crippen molar-refractivity contribution in [3.63, 3.8) is 0 Å². The monoisotopic (exact) mass is 311 g/mol. The maximum Gasteiger partial charge on any atom is 0.238 e. The second kappa shape index (κ2) is 7.42. The number of amides is 2. The van der Waals surface area contributed by atoms with Gasteiger partial charge in [-0.1, -0.05) is 13.3 Å². The van der Waals surface area contributed by atoms with Gasteiger partial charge in [-0.2, -0.15) is 0 Å². The van der Waals surface area contributed by atoms with Gasteiger partial charge in [0.05, 0.1) is 6.61 Å². The van der Waals surface area contributed by atoms with Crippen LogP contribution in [0.2, 0.25) is 0 Å². The van der Waals surface area contributed by atoms with Crippen LogP contribution in [0.4, 0.5) is 0 Å². The van der Waals surface area contributed by atoms with Gasteiger partial charge in [-0.15, -0.1) is 0 Å². The summed E-state index contributed by atoms with van der Waals surface area (Å²) in [5.41, 5.74) is -0.790. The molecule has 0 aromatic heterocycles. The summed E-state index contributed by atoms with van der Waals surface area (Å²) in [7, 11) is 3.33. The summed E-state index contributed by atoms with van der Waals surface area (Å²) in [5.74, 6) is -0.0819. The van der Waals surface area contributed by atoms with Crippen LogP contribution < -0.4 is 5.32 Å². The molecule has 2 aliphatic rings. The highest BCUT2D eigenvalue weighted by atomic mass is 16.5. The summed E-state index contributed by atoms with van der Waals surface area (Å²) in [5, 5.41) is 2.68. The Morgan fingerprint density at radius 1 is 1.32 bits per heavy atom. The van der Waals surface area contributed by atoms with Gasteiger partial charge >= 0.3 is 0 Å². The number of piperazine rings is 1. The molecule has 0 aromatic carbocycles. The van der Waals surface area contributed by atoms with Gasteiger partial charge in [-0.05, 0) is 19.3 Å². The summed E-state index contributed by atoms with van der Waals surface area (Å²) < 4.78 is 5.16. The zero-order valence-electron chi connectivity index (χ0n) is 14.1. The van der Waals surface area contributed by atoms with Crippen molar-refractivity contribution in [3.8, 4) is 0 Å². The van der Waals surface area contributed by atoms with Crippen LogP contribution in [0.3, 0.4) is 0 Å².